The summed E-state index contributed by atoms with van der Waals surface area (Å²) in [7, 11) is 2.02. The summed E-state index contributed by atoms with van der Waals surface area (Å²) in [5, 5.41) is 8.89. The molecule has 4 rings (SSSR count). The Labute approximate surface area is 192 Å². The SMILES string of the molecule is CC(C)c1cccc(C(C)C)c1NC(c1ccccc1)c1cc(-c2ccccc2)n(C)n1. The van der Waals surface area contributed by atoms with E-state index < -0.39 is 0 Å². The van der Waals surface area contributed by atoms with Crippen molar-refractivity contribution in [3.8, 4) is 11.3 Å². The second kappa shape index (κ2) is 9.44. The van der Waals surface area contributed by atoms with E-state index in [4.69, 9.17) is 5.10 Å². The number of hydrogen-bond donors (Lipinski definition) is 1. The third kappa shape index (κ3) is 4.47. The highest BCUT2D eigenvalue weighted by Gasteiger charge is 2.23. The molecule has 0 saturated carbocycles. The average molecular weight is 424 g/mol. The quantitative estimate of drug-likeness (QED) is 0.333. The molecule has 0 amide bonds. The van der Waals surface area contributed by atoms with Crippen molar-refractivity contribution in [2.75, 3.05) is 5.32 Å². The van der Waals surface area contributed by atoms with Gasteiger partial charge in [0, 0.05) is 12.7 Å². The normalized spacial score (nSPS) is 12.3. The number of anilines is 1. The fourth-order valence-corrected chi connectivity index (χ4v) is 4.35. The summed E-state index contributed by atoms with van der Waals surface area (Å²) in [5.74, 6) is 0.854. The number of nitrogens with zero attached hydrogens (tertiary/aromatic N) is 2. The zero-order valence-electron chi connectivity index (χ0n) is 19.7. The molecule has 164 valence electrons. The number of hydrogen-bond acceptors (Lipinski definition) is 2. The number of aryl methyl sites for hydroxylation is 1. The van der Waals surface area contributed by atoms with Gasteiger partial charge < -0.3 is 5.32 Å². The van der Waals surface area contributed by atoms with E-state index in [0.717, 1.165) is 11.4 Å². The van der Waals surface area contributed by atoms with E-state index in [1.165, 1.54) is 27.9 Å². The Hall–Kier alpha value is -3.33. The van der Waals surface area contributed by atoms with Crippen LogP contribution in [0.3, 0.4) is 0 Å². The van der Waals surface area contributed by atoms with Crippen LogP contribution in [0.15, 0.2) is 84.9 Å². The monoisotopic (exact) mass is 423 g/mol. The number of benzene rings is 3. The minimum absolute atomic E-state index is 0.0442. The molecular weight excluding hydrogens is 390 g/mol. The lowest BCUT2D eigenvalue weighted by Crippen LogP contribution is -2.16. The largest absolute Gasteiger partial charge is 0.372 e. The number of nitrogens with one attached hydrogen (secondary N) is 1. The van der Waals surface area contributed by atoms with Crippen molar-refractivity contribution in [3.63, 3.8) is 0 Å². The van der Waals surface area contributed by atoms with E-state index in [1.54, 1.807) is 0 Å². The maximum absolute atomic E-state index is 4.96. The fraction of sp³-hybridized carbons (Fsp3) is 0.276. The Morgan fingerprint density at radius 1 is 0.719 bits per heavy atom. The number of rotatable bonds is 7. The van der Waals surface area contributed by atoms with E-state index in [9.17, 15) is 0 Å². The molecule has 4 aromatic rings. The maximum atomic E-state index is 4.96. The molecule has 1 heterocycles. The van der Waals surface area contributed by atoms with Gasteiger partial charge in [-0.25, -0.2) is 0 Å². The highest BCUT2D eigenvalue weighted by atomic mass is 15.3. The molecule has 0 aliphatic rings. The molecule has 1 atom stereocenters. The summed E-state index contributed by atoms with van der Waals surface area (Å²) >= 11 is 0. The van der Waals surface area contributed by atoms with Gasteiger partial charge in [-0.05, 0) is 40.2 Å². The molecule has 3 nitrogen and oxygen atoms in total. The van der Waals surface area contributed by atoms with Crippen LogP contribution in [-0.2, 0) is 7.05 Å². The molecule has 0 radical (unpaired) electrons. The molecule has 1 N–H and O–H groups in total. The third-order valence-electron chi connectivity index (χ3n) is 6.06. The average Bonchev–Trinajstić information content (AvgIpc) is 3.19. The van der Waals surface area contributed by atoms with Crippen LogP contribution in [0.2, 0.25) is 0 Å². The standard InChI is InChI=1S/C29H33N3/c1-20(2)24-17-12-18-25(21(3)4)29(24)30-28(23-15-10-7-11-16-23)26-19-27(32(5)31-26)22-13-8-6-9-14-22/h6-21,28,30H,1-5H3. The van der Waals surface area contributed by atoms with E-state index in [1.807, 2.05) is 17.8 Å². The maximum Gasteiger partial charge on any atom is 0.0959 e. The molecule has 3 heteroatoms. The van der Waals surface area contributed by atoms with E-state index in [0.29, 0.717) is 11.8 Å². The summed E-state index contributed by atoms with van der Waals surface area (Å²) in [4.78, 5) is 0. The van der Waals surface area contributed by atoms with Gasteiger partial charge in [-0.1, -0.05) is 107 Å². The summed E-state index contributed by atoms with van der Waals surface area (Å²) in [6.07, 6.45) is 0. The van der Waals surface area contributed by atoms with Gasteiger partial charge in [-0.3, -0.25) is 4.68 Å². The lowest BCUT2D eigenvalue weighted by atomic mass is 9.91. The molecule has 0 fully saturated rings. The van der Waals surface area contributed by atoms with Gasteiger partial charge in [0.15, 0.2) is 0 Å². The Kier molecular flexibility index (Phi) is 6.45. The first-order chi connectivity index (χ1) is 15.5. The fourth-order valence-electron chi connectivity index (χ4n) is 4.35. The lowest BCUT2D eigenvalue weighted by molar-refractivity contribution is 0.731. The van der Waals surface area contributed by atoms with Crippen LogP contribution in [0.1, 0.15) is 68.0 Å². The number of para-hydroxylation sites is 1. The van der Waals surface area contributed by atoms with Crippen LogP contribution in [0.25, 0.3) is 11.3 Å². The van der Waals surface area contributed by atoms with Crippen LogP contribution in [0.5, 0.6) is 0 Å². The molecule has 0 spiro atoms. The topological polar surface area (TPSA) is 29.9 Å². The Bertz CT molecular complexity index is 1130. The minimum atomic E-state index is -0.0442. The van der Waals surface area contributed by atoms with Gasteiger partial charge in [0.1, 0.15) is 0 Å². The first-order valence-corrected chi connectivity index (χ1v) is 11.5. The van der Waals surface area contributed by atoms with Crippen molar-refractivity contribution in [2.24, 2.45) is 7.05 Å². The predicted molar refractivity (Wildman–Crippen MR) is 135 cm³/mol. The lowest BCUT2D eigenvalue weighted by Gasteiger charge is -2.26. The molecule has 32 heavy (non-hydrogen) atoms. The highest BCUT2D eigenvalue weighted by Crippen LogP contribution is 2.37. The molecule has 3 aromatic carbocycles. The summed E-state index contributed by atoms with van der Waals surface area (Å²) in [5.41, 5.74) is 8.44. The molecule has 0 aliphatic carbocycles. The minimum Gasteiger partial charge on any atom is -0.372 e. The van der Waals surface area contributed by atoms with Gasteiger partial charge in [0.25, 0.3) is 0 Å². The van der Waals surface area contributed by atoms with Crippen molar-refractivity contribution >= 4 is 5.69 Å². The first-order valence-electron chi connectivity index (χ1n) is 11.5. The van der Waals surface area contributed by atoms with Gasteiger partial charge in [-0.15, -0.1) is 0 Å². The van der Waals surface area contributed by atoms with Crippen molar-refractivity contribution in [3.05, 3.63) is 107 Å². The second-order valence-corrected chi connectivity index (χ2v) is 9.05. The van der Waals surface area contributed by atoms with Gasteiger partial charge >= 0.3 is 0 Å². The summed E-state index contributed by atoms with van der Waals surface area (Å²) in [6, 6.07) is 29.9. The number of aromatic nitrogens is 2. The summed E-state index contributed by atoms with van der Waals surface area (Å²) in [6.45, 7) is 9.04. The van der Waals surface area contributed by atoms with Gasteiger partial charge in [0.05, 0.1) is 17.4 Å². The third-order valence-corrected chi connectivity index (χ3v) is 6.06. The van der Waals surface area contributed by atoms with Crippen molar-refractivity contribution in [1.29, 1.82) is 0 Å². The highest BCUT2D eigenvalue weighted by molar-refractivity contribution is 5.64. The Morgan fingerprint density at radius 3 is 1.84 bits per heavy atom. The molecule has 0 bridgehead atoms. The van der Waals surface area contributed by atoms with Gasteiger partial charge in [0.2, 0.25) is 0 Å². The molecule has 1 unspecified atom stereocenters. The zero-order valence-corrected chi connectivity index (χ0v) is 19.7. The first kappa shape index (κ1) is 21.9. The van der Waals surface area contributed by atoms with Crippen molar-refractivity contribution in [2.45, 2.75) is 45.6 Å². The Morgan fingerprint density at radius 2 is 1.28 bits per heavy atom. The van der Waals surface area contributed by atoms with E-state index in [2.05, 4.69) is 112 Å². The van der Waals surface area contributed by atoms with E-state index in [-0.39, 0.29) is 6.04 Å². The van der Waals surface area contributed by atoms with Crippen LogP contribution >= 0.6 is 0 Å². The molecule has 0 aliphatic heterocycles. The Balaban J connectivity index is 1.84. The second-order valence-electron chi connectivity index (χ2n) is 9.05. The van der Waals surface area contributed by atoms with Crippen LogP contribution in [0, 0.1) is 0 Å². The zero-order chi connectivity index (χ0) is 22.7. The van der Waals surface area contributed by atoms with E-state index >= 15 is 0 Å². The van der Waals surface area contributed by atoms with Crippen LogP contribution in [-0.4, -0.2) is 9.78 Å². The molecular formula is C29H33N3. The van der Waals surface area contributed by atoms with Crippen LogP contribution < -0.4 is 5.32 Å². The molecule has 1 aromatic heterocycles. The molecule has 0 saturated heterocycles. The predicted octanol–water partition coefficient (Wildman–Crippen LogP) is 7.54. The smallest absolute Gasteiger partial charge is 0.0959 e. The summed E-state index contributed by atoms with van der Waals surface area (Å²) < 4.78 is 1.99. The van der Waals surface area contributed by atoms with Crippen LogP contribution in [0.4, 0.5) is 5.69 Å². The van der Waals surface area contributed by atoms with Crippen molar-refractivity contribution < 1.29 is 0 Å². The van der Waals surface area contributed by atoms with Crippen molar-refractivity contribution in [1.82, 2.24) is 9.78 Å². The van der Waals surface area contributed by atoms with Gasteiger partial charge in [-0.2, -0.15) is 5.10 Å².